The maximum atomic E-state index is 13.5. The molecule has 256 valence electrons. The molecule has 0 heterocycles. The number of sulfonamides is 1. The number of rotatable bonds is 11. The fourth-order valence-electron chi connectivity index (χ4n) is 5.05. The van der Waals surface area contributed by atoms with Crippen LogP contribution < -0.4 is 0 Å². The smallest absolute Gasteiger partial charge is 0.282 e. The number of non-ortho nitro benzene ring substituents is 2. The van der Waals surface area contributed by atoms with Gasteiger partial charge in [-0.2, -0.15) is 17.2 Å². The number of benzene rings is 4. The van der Waals surface area contributed by atoms with Crippen molar-refractivity contribution in [2.45, 2.75) is 36.5 Å². The van der Waals surface area contributed by atoms with Gasteiger partial charge in [-0.15, -0.1) is 0 Å². The van der Waals surface area contributed by atoms with Crippen LogP contribution in [0.25, 0.3) is 5.57 Å². The van der Waals surface area contributed by atoms with Crippen LogP contribution in [0.3, 0.4) is 0 Å². The van der Waals surface area contributed by atoms with Gasteiger partial charge in [0.25, 0.3) is 21.4 Å². The minimum Gasteiger partial charge on any atom is -0.304 e. The molecular weight excluding hydrogens is 671 g/mol. The van der Waals surface area contributed by atoms with Crippen molar-refractivity contribution < 1.29 is 27.0 Å². The van der Waals surface area contributed by atoms with Crippen LogP contribution in [0.5, 0.6) is 0 Å². The molecule has 1 aliphatic rings. The van der Waals surface area contributed by atoms with Crippen LogP contribution in [0.2, 0.25) is 0 Å². The van der Waals surface area contributed by atoms with Gasteiger partial charge in [0.15, 0.2) is 10.0 Å². The number of allylic oxidation sites excluding steroid dienone is 2. The Balaban J connectivity index is 0.000000698. The molecule has 0 amide bonds. The lowest BCUT2D eigenvalue weighted by Crippen LogP contribution is -2.30. The summed E-state index contributed by atoms with van der Waals surface area (Å²) in [7, 11) is -8.54. The van der Waals surface area contributed by atoms with E-state index in [2.05, 4.69) is 34.4 Å². The minimum absolute atomic E-state index is 0.0587. The van der Waals surface area contributed by atoms with Crippen LogP contribution >= 0.6 is 0 Å². The topological polar surface area (TPSA) is 186 Å². The maximum Gasteiger partial charge on any atom is 0.282 e. The SMILES string of the molecule is CCN(CC)CC.O=[N+]([O-])c1ccc(S(=O)(=O)/N=C2/C(c3ccccc3)=C(N=S(=O)(O)c3ccc([N+](=O)[O-])cc3)C2c2ccccc2)cc1. The third-order valence-electron chi connectivity index (χ3n) is 7.74. The molecule has 4 aromatic carbocycles. The molecule has 0 radical (unpaired) electrons. The Kier molecular flexibility index (Phi) is 11.9. The first-order valence-corrected chi connectivity index (χ1v) is 18.1. The maximum absolute atomic E-state index is 13.5. The van der Waals surface area contributed by atoms with Crippen molar-refractivity contribution in [1.82, 2.24) is 4.90 Å². The zero-order valence-corrected chi connectivity index (χ0v) is 28.6. The van der Waals surface area contributed by atoms with E-state index in [1.807, 2.05) is 0 Å². The van der Waals surface area contributed by atoms with E-state index in [0.29, 0.717) is 11.1 Å². The van der Waals surface area contributed by atoms with Gasteiger partial charge in [-0.3, -0.25) is 24.8 Å². The van der Waals surface area contributed by atoms with Gasteiger partial charge in [0.2, 0.25) is 0 Å². The van der Waals surface area contributed by atoms with Gasteiger partial charge in [-0.05, 0) is 55.0 Å². The molecule has 1 N–H and O–H groups in total. The van der Waals surface area contributed by atoms with E-state index in [4.69, 9.17) is 0 Å². The second kappa shape index (κ2) is 15.9. The zero-order chi connectivity index (χ0) is 35.8. The van der Waals surface area contributed by atoms with Gasteiger partial charge in [0.1, 0.15) is 0 Å². The summed E-state index contributed by atoms with van der Waals surface area (Å²) in [4.78, 5) is 22.7. The molecule has 0 saturated carbocycles. The lowest BCUT2D eigenvalue weighted by molar-refractivity contribution is -0.385. The number of nitrogens with zero attached hydrogens (tertiary/aromatic N) is 5. The second-order valence-electron chi connectivity index (χ2n) is 10.6. The molecule has 0 aliphatic heterocycles. The number of hydrogen-bond donors (Lipinski definition) is 1. The minimum atomic E-state index is -4.38. The van der Waals surface area contributed by atoms with Gasteiger partial charge in [0, 0.05) is 29.8 Å². The van der Waals surface area contributed by atoms with Crippen LogP contribution in [-0.4, -0.2) is 57.3 Å². The molecule has 1 aliphatic carbocycles. The molecule has 0 fully saturated rings. The molecule has 0 saturated heterocycles. The summed E-state index contributed by atoms with van der Waals surface area (Å²) < 4.78 is 59.6. The Morgan fingerprint density at radius 2 is 1.14 bits per heavy atom. The second-order valence-corrected chi connectivity index (χ2v) is 13.9. The van der Waals surface area contributed by atoms with E-state index in [9.17, 15) is 37.4 Å². The Hall–Kier alpha value is -5.09. The van der Waals surface area contributed by atoms with E-state index in [1.165, 1.54) is 19.6 Å². The van der Waals surface area contributed by atoms with Crippen molar-refractivity contribution in [3.8, 4) is 0 Å². The van der Waals surface area contributed by atoms with E-state index in [1.54, 1.807) is 60.7 Å². The quantitative estimate of drug-likeness (QED) is 0.124. The van der Waals surface area contributed by atoms with Gasteiger partial charge >= 0.3 is 0 Å². The van der Waals surface area contributed by atoms with Gasteiger partial charge < -0.3 is 4.90 Å². The molecular formula is C34H35N5O8S2. The fraction of sp³-hybridized carbons (Fsp3) is 0.206. The van der Waals surface area contributed by atoms with Crippen LogP contribution in [-0.2, 0) is 20.0 Å². The Bertz CT molecular complexity index is 2090. The predicted octanol–water partition coefficient (Wildman–Crippen LogP) is 7.19. The first-order chi connectivity index (χ1) is 23.3. The van der Waals surface area contributed by atoms with E-state index >= 15 is 0 Å². The van der Waals surface area contributed by atoms with Gasteiger partial charge in [0.05, 0.1) is 37.0 Å². The van der Waals surface area contributed by atoms with E-state index in [-0.39, 0.29) is 38.1 Å². The fourth-order valence-corrected chi connectivity index (χ4v) is 7.15. The molecule has 2 atom stereocenters. The molecule has 13 nitrogen and oxygen atoms in total. The van der Waals surface area contributed by atoms with Crippen LogP contribution in [0, 0.1) is 20.2 Å². The molecule has 0 spiro atoms. The molecule has 15 heteroatoms. The van der Waals surface area contributed by atoms with E-state index < -0.39 is 35.8 Å². The summed E-state index contributed by atoms with van der Waals surface area (Å²) in [6.45, 7) is 10.1. The van der Waals surface area contributed by atoms with Crippen molar-refractivity contribution >= 4 is 42.7 Å². The van der Waals surface area contributed by atoms with Gasteiger partial charge in [-0.1, -0.05) is 81.4 Å². The molecule has 5 rings (SSSR count). The van der Waals surface area contributed by atoms with Crippen molar-refractivity contribution in [2.75, 3.05) is 19.6 Å². The summed E-state index contributed by atoms with van der Waals surface area (Å²) in [6.07, 6.45) is 0. The number of hydrogen-bond acceptors (Lipinski definition) is 9. The third-order valence-corrected chi connectivity index (χ3v) is 10.4. The molecule has 49 heavy (non-hydrogen) atoms. The monoisotopic (exact) mass is 705 g/mol. The largest absolute Gasteiger partial charge is 0.304 e. The molecule has 2 unspecified atom stereocenters. The van der Waals surface area contributed by atoms with Crippen molar-refractivity contribution in [1.29, 1.82) is 0 Å². The molecule has 0 bridgehead atoms. The standard InChI is InChI=1S/C28H20N4O8S2.C6H15N/c33-31(34)21-11-15-23(16-12-21)41(37,38)29-27-25(19-7-3-1-4-8-19)28(26(27)20-9-5-2-6-10-20)30-42(39,40)24-17-13-22(14-18-24)32(35)36;1-4-7(5-2)6-3/h1-18,25H,(H,29,37,38);4-6H2,1-3H3/b30-28+;. The first kappa shape index (κ1) is 36.7. The first-order valence-electron chi connectivity index (χ1n) is 15.2. The normalized spacial score (nSPS) is 16.3. The third kappa shape index (κ3) is 8.69. The van der Waals surface area contributed by atoms with E-state index in [0.717, 1.165) is 48.5 Å². The summed E-state index contributed by atoms with van der Waals surface area (Å²) in [5, 5.41) is 22.1. The summed E-state index contributed by atoms with van der Waals surface area (Å²) in [6, 6.07) is 25.8. The Morgan fingerprint density at radius 3 is 1.57 bits per heavy atom. The summed E-state index contributed by atoms with van der Waals surface area (Å²) >= 11 is 0. The van der Waals surface area contributed by atoms with Crippen LogP contribution in [0.4, 0.5) is 11.4 Å². The molecule has 4 aromatic rings. The highest BCUT2D eigenvalue weighted by Gasteiger charge is 2.41. The number of nitro benzene ring substituents is 2. The molecule has 0 aromatic heterocycles. The van der Waals surface area contributed by atoms with Crippen LogP contribution in [0.1, 0.15) is 37.8 Å². The average Bonchev–Trinajstić information content (AvgIpc) is 3.10. The zero-order valence-electron chi connectivity index (χ0n) is 26.9. The Morgan fingerprint density at radius 1 is 0.694 bits per heavy atom. The van der Waals surface area contributed by atoms with Crippen molar-refractivity contribution in [2.24, 2.45) is 8.76 Å². The highest BCUT2D eigenvalue weighted by atomic mass is 32.2. The average molecular weight is 706 g/mol. The van der Waals surface area contributed by atoms with Crippen molar-refractivity contribution in [3.05, 3.63) is 146 Å². The van der Waals surface area contributed by atoms with Crippen LogP contribution in [0.15, 0.2) is 133 Å². The highest BCUT2D eigenvalue weighted by molar-refractivity contribution is 7.90. The van der Waals surface area contributed by atoms with Crippen molar-refractivity contribution in [3.63, 3.8) is 0 Å². The lowest BCUT2D eigenvalue weighted by atomic mass is 9.73. The summed E-state index contributed by atoms with van der Waals surface area (Å²) in [5.41, 5.74) is 0.850. The highest BCUT2D eigenvalue weighted by Crippen LogP contribution is 2.47. The van der Waals surface area contributed by atoms with Gasteiger partial charge in [-0.25, -0.2) is 4.21 Å². The number of nitro groups is 2. The predicted molar refractivity (Wildman–Crippen MR) is 188 cm³/mol. The summed E-state index contributed by atoms with van der Waals surface area (Å²) in [5.74, 6) is -0.930. The lowest BCUT2D eigenvalue weighted by Gasteiger charge is -2.33. The Labute approximate surface area is 285 Å².